The normalized spacial score (nSPS) is 11.1. The van der Waals surface area contributed by atoms with Gasteiger partial charge in [0.1, 0.15) is 0 Å². The number of hydrogen-bond acceptors (Lipinski definition) is 7. The zero-order valence-electron chi connectivity index (χ0n) is 13.2. The van der Waals surface area contributed by atoms with Crippen molar-refractivity contribution >= 4 is 17.9 Å². The summed E-state index contributed by atoms with van der Waals surface area (Å²) in [6, 6.07) is 1.72. The molecule has 3 amide bonds. The Labute approximate surface area is 132 Å². The van der Waals surface area contributed by atoms with Crippen molar-refractivity contribution in [2.45, 2.75) is 13.0 Å². The van der Waals surface area contributed by atoms with Crippen LogP contribution in [0, 0.1) is 0 Å². The predicted octanol–water partition coefficient (Wildman–Crippen LogP) is 0.453. The zero-order chi connectivity index (χ0) is 17.6. The van der Waals surface area contributed by atoms with E-state index in [9.17, 15) is 14.4 Å². The van der Waals surface area contributed by atoms with Crippen molar-refractivity contribution in [3.8, 4) is 17.2 Å². The Morgan fingerprint density at radius 2 is 1.57 bits per heavy atom. The lowest BCUT2D eigenvalue weighted by Crippen LogP contribution is -2.42. The van der Waals surface area contributed by atoms with E-state index >= 15 is 0 Å². The first-order valence-electron chi connectivity index (χ1n) is 6.45. The van der Waals surface area contributed by atoms with Gasteiger partial charge in [-0.25, -0.2) is 9.59 Å². The molecule has 1 aromatic carbocycles. The number of primary amides is 1. The number of urea groups is 1. The second-order valence-corrected chi connectivity index (χ2v) is 4.32. The first-order chi connectivity index (χ1) is 10.8. The van der Waals surface area contributed by atoms with Crippen LogP contribution in [-0.2, 0) is 9.53 Å². The van der Waals surface area contributed by atoms with Crippen LogP contribution in [0.2, 0.25) is 0 Å². The van der Waals surface area contributed by atoms with Gasteiger partial charge in [0.2, 0.25) is 5.75 Å². The van der Waals surface area contributed by atoms with Crippen LogP contribution in [0.25, 0.3) is 0 Å². The Hall–Kier alpha value is -2.97. The van der Waals surface area contributed by atoms with Crippen molar-refractivity contribution in [2.75, 3.05) is 21.3 Å². The summed E-state index contributed by atoms with van der Waals surface area (Å²) in [5.74, 6) is -0.818. The SMILES string of the molecule is COc1cc(C(=O)O[C@H](C)C(=O)NC(N)=O)cc(OC)c1OC. The number of hydrogen-bond donors (Lipinski definition) is 2. The van der Waals surface area contributed by atoms with Crippen LogP contribution >= 0.6 is 0 Å². The van der Waals surface area contributed by atoms with Gasteiger partial charge in [-0.1, -0.05) is 0 Å². The lowest BCUT2D eigenvalue weighted by molar-refractivity contribution is -0.127. The van der Waals surface area contributed by atoms with Gasteiger partial charge in [0.15, 0.2) is 17.6 Å². The number of carbonyl (C=O) groups is 3. The molecule has 0 unspecified atom stereocenters. The van der Waals surface area contributed by atoms with E-state index in [1.807, 2.05) is 5.32 Å². The van der Waals surface area contributed by atoms with Crippen molar-refractivity contribution < 1.29 is 33.3 Å². The Morgan fingerprint density at radius 1 is 1.04 bits per heavy atom. The minimum atomic E-state index is -1.21. The van der Waals surface area contributed by atoms with Gasteiger partial charge in [0, 0.05) is 0 Å². The van der Waals surface area contributed by atoms with Crippen LogP contribution in [0.4, 0.5) is 4.79 Å². The minimum absolute atomic E-state index is 0.0817. The number of esters is 1. The third-order valence-electron chi connectivity index (χ3n) is 2.80. The van der Waals surface area contributed by atoms with Crippen LogP contribution < -0.4 is 25.3 Å². The smallest absolute Gasteiger partial charge is 0.339 e. The van der Waals surface area contributed by atoms with E-state index in [0.29, 0.717) is 5.75 Å². The van der Waals surface area contributed by atoms with Crippen molar-refractivity contribution in [2.24, 2.45) is 5.73 Å². The van der Waals surface area contributed by atoms with Crippen molar-refractivity contribution in [3.05, 3.63) is 17.7 Å². The largest absolute Gasteiger partial charge is 0.493 e. The summed E-state index contributed by atoms with van der Waals surface area (Å²) >= 11 is 0. The summed E-state index contributed by atoms with van der Waals surface area (Å²) in [7, 11) is 4.22. The van der Waals surface area contributed by atoms with Gasteiger partial charge < -0.3 is 24.7 Å². The average Bonchev–Trinajstić information content (AvgIpc) is 2.52. The van der Waals surface area contributed by atoms with Gasteiger partial charge in [0.05, 0.1) is 26.9 Å². The summed E-state index contributed by atoms with van der Waals surface area (Å²) in [4.78, 5) is 34.2. The summed E-state index contributed by atoms with van der Waals surface area (Å²) < 4.78 is 20.3. The Balaban J connectivity index is 3.00. The maximum atomic E-state index is 12.1. The Morgan fingerprint density at radius 3 is 1.96 bits per heavy atom. The van der Waals surface area contributed by atoms with E-state index in [2.05, 4.69) is 0 Å². The number of ether oxygens (including phenoxy) is 4. The molecular weight excluding hydrogens is 308 g/mol. The fraction of sp³-hybridized carbons (Fsp3) is 0.357. The molecule has 9 heteroatoms. The van der Waals surface area contributed by atoms with Crippen LogP contribution in [-0.4, -0.2) is 45.3 Å². The molecule has 0 aliphatic heterocycles. The van der Waals surface area contributed by atoms with E-state index in [4.69, 9.17) is 24.7 Å². The van der Waals surface area contributed by atoms with Crippen molar-refractivity contribution in [1.82, 2.24) is 5.32 Å². The number of rotatable bonds is 6. The van der Waals surface area contributed by atoms with E-state index in [1.54, 1.807) is 0 Å². The molecule has 0 radical (unpaired) electrons. The van der Waals surface area contributed by atoms with E-state index in [-0.39, 0.29) is 17.1 Å². The van der Waals surface area contributed by atoms with E-state index in [1.165, 1.54) is 40.4 Å². The summed E-state index contributed by atoms with van der Waals surface area (Å²) in [5.41, 5.74) is 4.90. The second-order valence-electron chi connectivity index (χ2n) is 4.32. The molecule has 3 N–H and O–H groups in total. The van der Waals surface area contributed by atoms with Crippen molar-refractivity contribution in [1.29, 1.82) is 0 Å². The number of benzene rings is 1. The third kappa shape index (κ3) is 4.50. The molecule has 0 spiro atoms. The standard InChI is InChI=1S/C14H18N2O7/c1-7(12(17)16-14(15)19)23-13(18)8-5-9(20-2)11(22-4)10(6-8)21-3/h5-7H,1-4H3,(H3,15,16,17,19)/t7-/m1/s1. The molecule has 126 valence electrons. The molecule has 0 bridgehead atoms. The van der Waals surface area contributed by atoms with Crippen LogP contribution in [0.5, 0.6) is 17.2 Å². The van der Waals surface area contributed by atoms with Gasteiger partial charge >= 0.3 is 12.0 Å². The van der Waals surface area contributed by atoms with E-state index < -0.39 is 24.0 Å². The second kappa shape index (κ2) is 7.87. The zero-order valence-corrected chi connectivity index (χ0v) is 13.2. The highest BCUT2D eigenvalue weighted by atomic mass is 16.5. The van der Waals surface area contributed by atoms with Crippen molar-refractivity contribution in [3.63, 3.8) is 0 Å². The Kier molecular flexibility index (Phi) is 6.19. The van der Waals surface area contributed by atoms with Gasteiger partial charge in [-0.05, 0) is 19.1 Å². The maximum Gasteiger partial charge on any atom is 0.339 e. The highest BCUT2D eigenvalue weighted by Crippen LogP contribution is 2.38. The number of carbonyl (C=O) groups excluding carboxylic acids is 3. The highest BCUT2D eigenvalue weighted by Gasteiger charge is 2.22. The number of amides is 3. The summed E-state index contributed by atoms with van der Waals surface area (Å²) in [6.45, 7) is 1.30. The maximum absolute atomic E-state index is 12.1. The molecule has 0 heterocycles. The van der Waals surface area contributed by atoms with Crippen LogP contribution in [0.15, 0.2) is 12.1 Å². The third-order valence-corrected chi connectivity index (χ3v) is 2.80. The molecule has 1 atom stereocenters. The fourth-order valence-corrected chi connectivity index (χ4v) is 1.70. The summed E-state index contributed by atoms with van der Waals surface area (Å²) in [5, 5.41) is 1.82. The highest BCUT2D eigenvalue weighted by molar-refractivity contribution is 5.98. The van der Waals surface area contributed by atoms with Crippen LogP contribution in [0.1, 0.15) is 17.3 Å². The van der Waals surface area contributed by atoms with Gasteiger partial charge in [-0.3, -0.25) is 10.1 Å². The molecule has 0 saturated heterocycles. The molecule has 0 saturated carbocycles. The number of nitrogens with two attached hydrogens (primary N) is 1. The molecule has 0 aliphatic carbocycles. The fourth-order valence-electron chi connectivity index (χ4n) is 1.70. The molecule has 0 aliphatic rings. The summed E-state index contributed by atoms with van der Waals surface area (Å²) in [6.07, 6.45) is -1.21. The Bertz CT molecular complexity index is 590. The topological polar surface area (TPSA) is 126 Å². The minimum Gasteiger partial charge on any atom is -0.493 e. The van der Waals surface area contributed by atoms with Gasteiger partial charge in [-0.2, -0.15) is 0 Å². The molecule has 9 nitrogen and oxygen atoms in total. The van der Waals surface area contributed by atoms with Crippen LogP contribution in [0.3, 0.4) is 0 Å². The van der Waals surface area contributed by atoms with Gasteiger partial charge in [0.25, 0.3) is 5.91 Å². The molecule has 0 aromatic heterocycles. The number of methoxy groups -OCH3 is 3. The lowest BCUT2D eigenvalue weighted by Gasteiger charge is -2.15. The lowest BCUT2D eigenvalue weighted by atomic mass is 10.2. The average molecular weight is 326 g/mol. The predicted molar refractivity (Wildman–Crippen MR) is 78.7 cm³/mol. The monoisotopic (exact) mass is 326 g/mol. The van der Waals surface area contributed by atoms with E-state index in [0.717, 1.165) is 0 Å². The van der Waals surface area contributed by atoms with Gasteiger partial charge in [-0.15, -0.1) is 0 Å². The quantitative estimate of drug-likeness (QED) is 0.727. The molecular formula is C14H18N2O7. The number of nitrogens with one attached hydrogen (secondary N) is 1. The molecule has 23 heavy (non-hydrogen) atoms. The first-order valence-corrected chi connectivity index (χ1v) is 6.45. The number of imide groups is 1. The molecule has 1 aromatic rings. The molecule has 0 fully saturated rings. The molecule has 1 rings (SSSR count). The first kappa shape index (κ1) is 18.1.